The van der Waals surface area contributed by atoms with Crippen molar-refractivity contribution in [3.8, 4) is 118 Å². The first-order chi connectivity index (χ1) is 60.8. The maximum atomic E-state index is 4.95. The van der Waals surface area contributed by atoms with Gasteiger partial charge >= 0.3 is 63.2 Å². The second-order valence-electron chi connectivity index (χ2n) is 30.2. The molecule has 12 heterocycles. The molecular formula is C108H69N15Pt3. The second kappa shape index (κ2) is 34.6. The van der Waals surface area contributed by atoms with E-state index in [1.807, 2.05) is 177 Å². The van der Waals surface area contributed by atoms with Gasteiger partial charge in [-0.05, 0) is 198 Å². The third-order valence-corrected chi connectivity index (χ3v) is 23.1. The molecule has 0 bridgehead atoms. The van der Waals surface area contributed by atoms with Gasteiger partial charge in [-0.15, -0.1) is 155 Å². The number of para-hydroxylation sites is 9. The van der Waals surface area contributed by atoms with Crippen LogP contribution in [0.5, 0.6) is 0 Å². The van der Waals surface area contributed by atoms with Crippen LogP contribution >= 0.6 is 0 Å². The van der Waals surface area contributed by atoms with E-state index in [0.717, 1.165) is 201 Å². The van der Waals surface area contributed by atoms with Crippen molar-refractivity contribution >= 4 is 98.5 Å². The van der Waals surface area contributed by atoms with Crippen LogP contribution in [0.25, 0.3) is 217 Å². The zero-order valence-electron chi connectivity index (χ0n) is 67.8. The van der Waals surface area contributed by atoms with Crippen molar-refractivity contribution in [1.29, 1.82) is 0 Å². The van der Waals surface area contributed by atoms with E-state index in [1.54, 1.807) is 0 Å². The molecule has 0 amide bonds. The van der Waals surface area contributed by atoms with Gasteiger partial charge in [0.1, 0.15) is 0 Å². The van der Waals surface area contributed by atoms with Crippen molar-refractivity contribution in [2.75, 3.05) is 0 Å². The quantitative estimate of drug-likeness (QED) is 0.109. The Morgan fingerprint density at radius 2 is 0.627 bits per heavy atom. The van der Waals surface area contributed by atoms with Crippen molar-refractivity contribution < 1.29 is 63.2 Å². The number of nitrogens with zero attached hydrogens (tertiary/aromatic N) is 15. The molecule has 18 heteroatoms. The van der Waals surface area contributed by atoms with Crippen molar-refractivity contribution in [3.63, 3.8) is 0 Å². The second-order valence-corrected chi connectivity index (χ2v) is 30.2. The normalized spacial score (nSPS) is 11.3. The van der Waals surface area contributed by atoms with Crippen molar-refractivity contribution in [2.24, 2.45) is 21.1 Å². The van der Waals surface area contributed by atoms with E-state index in [-0.39, 0.29) is 63.2 Å². The Hall–Kier alpha value is -14.6. The molecule has 0 saturated carbocycles. The van der Waals surface area contributed by atoms with Gasteiger partial charge in [0.05, 0.1) is 50.6 Å². The summed E-state index contributed by atoms with van der Waals surface area (Å²) in [5.41, 5.74) is 29.9. The van der Waals surface area contributed by atoms with E-state index in [0.29, 0.717) is 0 Å². The van der Waals surface area contributed by atoms with Gasteiger partial charge in [0.25, 0.3) is 0 Å². The molecule has 0 N–H and O–H groups in total. The number of aryl methyl sites for hydroxylation is 3. The van der Waals surface area contributed by atoms with Gasteiger partial charge in [-0.2, -0.15) is 0 Å². The van der Waals surface area contributed by atoms with Crippen LogP contribution in [-0.4, -0.2) is 72.3 Å². The Morgan fingerprint density at radius 3 is 1.09 bits per heavy atom. The van der Waals surface area contributed by atoms with Crippen LogP contribution in [0.2, 0.25) is 0 Å². The summed E-state index contributed by atoms with van der Waals surface area (Å²) in [5, 5.41) is 6.92. The van der Waals surface area contributed by atoms with E-state index < -0.39 is 0 Å². The van der Waals surface area contributed by atoms with Crippen molar-refractivity contribution in [3.05, 3.63) is 402 Å². The van der Waals surface area contributed by atoms with E-state index in [1.165, 1.54) is 16.2 Å². The number of pyridine rings is 6. The number of rotatable bonds is 12. The van der Waals surface area contributed by atoms with Crippen LogP contribution in [0.1, 0.15) is 0 Å². The van der Waals surface area contributed by atoms with Gasteiger partial charge in [0, 0.05) is 93.5 Å². The summed E-state index contributed by atoms with van der Waals surface area (Å²) in [7, 11) is 6.17. The molecule has 0 atom stereocenters. The van der Waals surface area contributed by atoms with E-state index in [4.69, 9.17) is 29.9 Å². The molecule has 0 fully saturated rings. The van der Waals surface area contributed by atoms with Crippen LogP contribution in [-0.2, 0) is 84.3 Å². The van der Waals surface area contributed by atoms with Crippen LogP contribution < -0.4 is 0 Å². The molecule has 12 aromatic heterocycles. The van der Waals surface area contributed by atoms with E-state index in [2.05, 4.69) is 288 Å². The molecule has 12 aromatic carbocycles. The van der Waals surface area contributed by atoms with Gasteiger partial charge in [-0.25, -0.2) is 0 Å². The smallest absolute Gasteiger partial charge is 0.367 e. The SMILES string of the molecule is Cn1c(-c2[c-]c3c(cc2)c2ccccc2n3-c2[c-]c(-c3cc(-c4ccncc4)ccn3)ccc2)nc2ccccc21.Cn1c(-c2[c-]c3c(cc2)c2ccccc2n3-c2[c-]c(-c3ccccn3)c(-c3ccncc3)cc2)nc2ccccc21.Cn1c(-c2[c-]c3c(cc2)c2ccccc2n3-c2[c-]c(-c3ncccc3-c3ccncc3)ccc2)nc2ccccc21.[Pt+2].[Pt+2].[Pt+2]. The maximum absolute atomic E-state index is 4.95. The molecule has 0 saturated heterocycles. The van der Waals surface area contributed by atoms with Gasteiger partial charge in [-0.3, -0.25) is 29.9 Å². The van der Waals surface area contributed by atoms with Crippen molar-refractivity contribution in [2.45, 2.75) is 0 Å². The first-order valence-corrected chi connectivity index (χ1v) is 40.6. The first-order valence-electron chi connectivity index (χ1n) is 40.6. The topological polar surface area (TPSA) is 146 Å². The van der Waals surface area contributed by atoms with Crippen LogP contribution in [0, 0.1) is 36.4 Å². The number of fused-ring (bicyclic) bond motifs is 12. The Morgan fingerprint density at radius 1 is 0.238 bits per heavy atom. The van der Waals surface area contributed by atoms with Gasteiger partial charge in [-0.1, -0.05) is 143 Å². The molecule has 0 aliphatic carbocycles. The Kier molecular flexibility index (Phi) is 22.3. The minimum atomic E-state index is 0. The van der Waals surface area contributed by atoms with Gasteiger partial charge in [0.2, 0.25) is 0 Å². The van der Waals surface area contributed by atoms with Gasteiger partial charge < -0.3 is 42.4 Å². The predicted molar refractivity (Wildman–Crippen MR) is 494 cm³/mol. The number of imidazole rings is 3. The molecule has 0 unspecified atom stereocenters. The van der Waals surface area contributed by atoms with E-state index in [9.17, 15) is 0 Å². The average molecular weight is 2160 g/mol. The monoisotopic (exact) mass is 2160 g/mol. The standard InChI is InChI=1S/3C36H23N5.3Pt/c1-40-33-14-5-3-12-31(33)39-36(40)26-15-16-30-29-10-2-4-13-32(29)41(34(30)23-26)27-9-6-8-25(22-27)35-28(11-7-19-38-35)24-17-20-37-21-18-24;1-40-34-12-5-3-10-31(34)39-36(40)27-13-14-30-29-9-2-4-11-33(29)41(35(30)23-27)28-8-6-7-26(21-28)32-22-25(17-20-38-32)24-15-18-37-19-16-24;1-40-34-12-5-3-10-32(34)39-36(40)25-13-15-29-28-8-2-4-11-33(28)41(35(29)22-25)26-14-16-27(24-17-20-37-21-18-24)30(23-26)31-9-6-7-19-38-31;;;/h2-21H,1H3;2-20,22H,1H3;2-21H,1H3;;;/q3*-2;3*+2. The molecular weight excluding hydrogens is 2090 g/mol. The minimum Gasteiger partial charge on any atom is -0.367 e. The summed E-state index contributed by atoms with van der Waals surface area (Å²) in [6.07, 6.45) is 16.4. The maximum Gasteiger partial charge on any atom is 2.00 e. The van der Waals surface area contributed by atoms with E-state index >= 15 is 0 Å². The zero-order chi connectivity index (χ0) is 82.0. The van der Waals surface area contributed by atoms with Crippen LogP contribution in [0.15, 0.2) is 365 Å². The first kappa shape index (κ1) is 81.1. The molecule has 0 aliphatic rings. The summed E-state index contributed by atoms with van der Waals surface area (Å²) < 4.78 is 13.1. The fourth-order valence-corrected chi connectivity index (χ4v) is 17.2. The van der Waals surface area contributed by atoms with Crippen LogP contribution in [0.3, 0.4) is 0 Å². The molecule has 126 heavy (non-hydrogen) atoms. The fourth-order valence-electron chi connectivity index (χ4n) is 17.2. The molecule has 24 aromatic rings. The Balaban J connectivity index is 0.000000122. The number of benzene rings is 12. The summed E-state index contributed by atoms with van der Waals surface area (Å²) in [4.78, 5) is 41.5. The molecule has 24 rings (SSSR count). The summed E-state index contributed by atoms with van der Waals surface area (Å²) in [6.45, 7) is 0. The fraction of sp³-hybridized carbons (Fsp3) is 0.0278. The third-order valence-electron chi connectivity index (χ3n) is 23.1. The minimum absolute atomic E-state index is 0. The number of hydrogen-bond donors (Lipinski definition) is 0. The Bertz CT molecular complexity index is 8200. The third kappa shape index (κ3) is 14.6. The molecule has 15 nitrogen and oxygen atoms in total. The molecule has 0 spiro atoms. The summed E-state index contributed by atoms with van der Waals surface area (Å²) >= 11 is 0. The molecule has 0 aliphatic heterocycles. The predicted octanol–water partition coefficient (Wildman–Crippen LogP) is 24.2. The summed E-state index contributed by atoms with van der Waals surface area (Å²) in [5.74, 6) is 2.66. The average Bonchev–Trinajstić information content (AvgIpc) is 1.59. The Labute approximate surface area is 768 Å². The largest absolute Gasteiger partial charge is 2.00 e. The molecule has 606 valence electrons. The number of hydrogen-bond acceptors (Lipinski definition) is 9. The molecule has 0 radical (unpaired) electrons. The number of aromatic nitrogens is 15. The van der Waals surface area contributed by atoms with Gasteiger partial charge in [0.15, 0.2) is 0 Å². The summed E-state index contributed by atoms with van der Waals surface area (Å²) in [6, 6.07) is 128. The van der Waals surface area contributed by atoms with Crippen molar-refractivity contribution in [1.82, 2.24) is 72.3 Å². The zero-order valence-corrected chi connectivity index (χ0v) is 74.6. The van der Waals surface area contributed by atoms with Crippen LogP contribution in [0.4, 0.5) is 0 Å².